The molecule has 9 nitrogen and oxygen atoms in total. The van der Waals surface area contributed by atoms with Gasteiger partial charge in [-0.1, -0.05) is 13.8 Å². The molecule has 0 aromatic carbocycles. The molecule has 1 saturated heterocycles. The van der Waals surface area contributed by atoms with Gasteiger partial charge in [0.05, 0.1) is 23.9 Å². The number of aliphatic hydroxyl groups is 4. The van der Waals surface area contributed by atoms with Gasteiger partial charge in [0, 0.05) is 18.6 Å². The van der Waals surface area contributed by atoms with Gasteiger partial charge in [-0.2, -0.15) is 0 Å². The van der Waals surface area contributed by atoms with E-state index in [9.17, 15) is 25.2 Å². The van der Waals surface area contributed by atoms with Crippen molar-refractivity contribution in [2.75, 3.05) is 13.7 Å². The van der Waals surface area contributed by atoms with Crippen molar-refractivity contribution in [3.8, 4) is 0 Å². The second kappa shape index (κ2) is 9.75. The molecule has 4 aliphatic carbocycles. The average molecular weight is 551 g/mol. The van der Waals surface area contributed by atoms with Crippen molar-refractivity contribution in [2.45, 2.75) is 121 Å². The van der Waals surface area contributed by atoms with Gasteiger partial charge in [0.2, 0.25) is 0 Å². The Labute approximate surface area is 230 Å². The molecule has 220 valence electrons. The number of fused-ring (bicyclic) bond motifs is 5. The predicted molar refractivity (Wildman–Crippen MR) is 139 cm³/mol. The molecule has 2 heterocycles. The number of aliphatic hydroxyl groups excluding tert-OH is 3. The number of cyclic esters (lactones) is 1. The van der Waals surface area contributed by atoms with Gasteiger partial charge < -0.3 is 39.4 Å². The first-order chi connectivity index (χ1) is 18.4. The maximum atomic E-state index is 12.4. The van der Waals surface area contributed by atoms with Gasteiger partial charge in [0.15, 0.2) is 6.29 Å². The van der Waals surface area contributed by atoms with Gasteiger partial charge >= 0.3 is 5.97 Å². The molecule has 0 aromatic heterocycles. The van der Waals surface area contributed by atoms with E-state index in [2.05, 4.69) is 13.8 Å². The smallest absolute Gasteiger partial charge is 0.331 e. The first kappa shape index (κ1) is 28.1. The fraction of sp³-hybridized carbons (Fsp3) is 0.900. The molecule has 0 radical (unpaired) electrons. The highest BCUT2D eigenvalue weighted by Crippen LogP contribution is 2.70. The lowest BCUT2D eigenvalue weighted by Crippen LogP contribution is -2.66. The van der Waals surface area contributed by atoms with Gasteiger partial charge in [-0.05, 0) is 93.0 Å². The first-order valence-corrected chi connectivity index (χ1v) is 14.9. The van der Waals surface area contributed by atoms with E-state index >= 15 is 0 Å². The summed E-state index contributed by atoms with van der Waals surface area (Å²) in [6.07, 6.45) is 3.05. The topological polar surface area (TPSA) is 135 Å². The molecule has 4 saturated carbocycles. The second-order valence-electron chi connectivity index (χ2n) is 13.9. The van der Waals surface area contributed by atoms with E-state index in [1.165, 1.54) is 7.11 Å². The molecule has 39 heavy (non-hydrogen) atoms. The van der Waals surface area contributed by atoms with Crippen LogP contribution < -0.4 is 0 Å². The Morgan fingerprint density at radius 2 is 1.82 bits per heavy atom. The Morgan fingerprint density at radius 3 is 2.51 bits per heavy atom. The molecule has 2 aliphatic heterocycles. The third-order valence-electron chi connectivity index (χ3n) is 12.3. The Morgan fingerprint density at radius 1 is 1.05 bits per heavy atom. The summed E-state index contributed by atoms with van der Waals surface area (Å²) in [6, 6.07) is 0. The summed E-state index contributed by atoms with van der Waals surface area (Å²) in [5.74, 6) is 0.0523. The molecule has 0 bridgehead atoms. The van der Waals surface area contributed by atoms with Crippen molar-refractivity contribution in [1.29, 1.82) is 0 Å². The fourth-order valence-electron chi connectivity index (χ4n) is 10.2. The number of carbonyl (C=O) groups is 1. The molecule has 9 heteroatoms. The highest BCUT2D eigenvalue weighted by Gasteiger charge is 2.70. The van der Waals surface area contributed by atoms with Gasteiger partial charge in [-0.15, -0.1) is 0 Å². The highest BCUT2D eigenvalue weighted by atomic mass is 16.7. The van der Waals surface area contributed by atoms with Crippen LogP contribution in [0.5, 0.6) is 0 Å². The van der Waals surface area contributed by atoms with Crippen molar-refractivity contribution in [1.82, 2.24) is 0 Å². The maximum Gasteiger partial charge on any atom is 0.331 e. The number of esters is 1. The van der Waals surface area contributed by atoms with Crippen LogP contribution in [0.3, 0.4) is 0 Å². The number of carbonyl (C=O) groups excluding carboxylic acids is 1. The third-order valence-corrected chi connectivity index (χ3v) is 12.3. The van der Waals surface area contributed by atoms with Crippen LogP contribution in [0.1, 0.15) is 72.1 Å². The molecule has 6 aliphatic rings. The second-order valence-corrected chi connectivity index (χ2v) is 13.9. The van der Waals surface area contributed by atoms with Gasteiger partial charge in [0.25, 0.3) is 0 Å². The SMILES string of the molecule is CO[C@H]1[C@H](O)[C@@H](O[C@H]2CC[C@@]3(C)[C@H](CC[C@@H]4[C@H]3[C@H](O)C[C@]3(C)[C@@H](C5=CC(=O)OC5)CC[C@]43O)C2)O[C@@H](C)[C@@H]1O. The Kier molecular flexibility index (Phi) is 7.02. The molecule has 0 aromatic rings. The minimum absolute atomic E-state index is 0.00175. The van der Waals surface area contributed by atoms with Crippen molar-refractivity contribution in [2.24, 2.45) is 34.5 Å². The minimum Gasteiger partial charge on any atom is -0.458 e. The van der Waals surface area contributed by atoms with E-state index in [0.717, 1.165) is 44.1 Å². The van der Waals surface area contributed by atoms with Crippen LogP contribution >= 0.6 is 0 Å². The van der Waals surface area contributed by atoms with Crippen molar-refractivity contribution in [3.05, 3.63) is 11.6 Å². The van der Waals surface area contributed by atoms with Crippen LogP contribution in [0.2, 0.25) is 0 Å². The first-order valence-electron chi connectivity index (χ1n) is 14.9. The molecule has 0 amide bonds. The van der Waals surface area contributed by atoms with Crippen LogP contribution in [0.15, 0.2) is 11.6 Å². The number of ether oxygens (including phenoxy) is 4. The molecular weight excluding hydrogens is 504 g/mol. The van der Waals surface area contributed by atoms with E-state index in [1.54, 1.807) is 13.0 Å². The number of hydrogen-bond acceptors (Lipinski definition) is 9. The van der Waals surface area contributed by atoms with Gasteiger partial charge in [0.1, 0.15) is 24.9 Å². The normalized spacial score (nSPS) is 55.3. The molecule has 6 rings (SSSR count). The van der Waals surface area contributed by atoms with E-state index in [1.807, 2.05) is 0 Å². The van der Waals surface area contributed by atoms with E-state index in [4.69, 9.17) is 18.9 Å². The molecular formula is C30H46O9. The highest BCUT2D eigenvalue weighted by molar-refractivity contribution is 5.85. The van der Waals surface area contributed by atoms with Crippen molar-refractivity contribution >= 4 is 5.97 Å². The average Bonchev–Trinajstić information content (AvgIpc) is 3.42. The number of rotatable bonds is 4. The molecule has 5 fully saturated rings. The largest absolute Gasteiger partial charge is 0.458 e. The predicted octanol–water partition coefficient (Wildman–Crippen LogP) is 2.08. The summed E-state index contributed by atoms with van der Waals surface area (Å²) >= 11 is 0. The van der Waals surface area contributed by atoms with Crippen molar-refractivity contribution < 1.29 is 44.2 Å². The summed E-state index contributed by atoms with van der Waals surface area (Å²) in [5, 5.41) is 45.2. The molecule has 4 N–H and O–H groups in total. The van der Waals surface area contributed by atoms with Crippen LogP contribution in [0, 0.1) is 34.5 Å². The Hall–Kier alpha value is -1.07. The zero-order valence-electron chi connectivity index (χ0n) is 23.6. The lowest BCUT2D eigenvalue weighted by atomic mass is 9.42. The summed E-state index contributed by atoms with van der Waals surface area (Å²) in [4.78, 5) is 11.8. The van der Waals surface area contributed by atoms with E-state index in [-0.39, 0.29) is 35.2 Å². The van der Waals surface area contributed by atoms with E-state index in [0.29, 0.717) is 25.4 Å². The summed E-state index contributed by atoms with van der Waals surface area (Å²) in [6.45, 7) is 6.46. The quantitative estimate of drug-likeness (QED) is 0.307. The maximum absolute atomic E-state index is 12.4. The molecule has 0 unspecified atom stereocenters. The minimum atomic E-state index is -1.08. The molecule has 14 atom stereocenters. The number of methoxy groups -OCH3 is 1. The van der Waals surface area contributed by atoms with Crippen LogP contribution in [0.4, 0.5) is 0 Å². The summed E-state index contributed by atoms with van der Waals surface area (Å²) < 4.78 is 22.7. The third kappa shape index (κ3) is 4.09. The lowest BCUT2D eigenvalue weighted by molar-refractivity contribution is -0.314. The Balaban J connectivity index is 1.18. The van der Waals surface area contributed by atoms with Gasteiger partial charge in [-0.25, -0.2) is 4.79 Å². The fourth-order valence-corrected chi connectivity index (χ4v) is 10.2. The Bertz CT molecular complexity index is 1000. The zero-order valence-corrected chi connectivity index (χ0v) is 23.6. The summed E-state index contributed by atoms with van der Waals surface area (Å²) in [7, 11) is 1.47. The van der Waals surface area contributed by atoms with Crippen LogP contribution in [0.25, 0.3) is 0 Å². The zero-order chi connectivity index (χ0) is 27.9. The standard InChI is InChI=1S/C30H46O9/c1-15-24(33)26(36-4)25(34)27(38-15)39-18-7-9-28(2)17(12-18)5-6-20-23(28)21(31)13-29(3)19(8-10-30(20,29)35)16-11-22(32)37-14-16/h11,15,17-21,23-27,31,33-35H,5-10,12-14H2,1-4H3/t15-,17+,18-,19+,20+,21+,23-,24-,25-,26+,27+,28-,29+,30-/m0/s1. The van der Waals surface area contributed by atoms with Gasteiger partial charge in [-0.3, -0.25) is 0 Å². The van der Waals surface area contributed by atoms with Crippen LogP contribution in [-0.2, 0) is 23.7 Å². The van der Waals surface area contributed by atoms with E-state index < -0.39 is 47.8 Å². The lowest BCUT2D eigenvalue weighted by Gasteiger charge is -2.65. The molecule has 0 spiro atoms. The van der Waals surface area contributed by atoms with Crippen LogP contribution in [-0.4, -0.2) is 88.6 Å². The summed E-state index contributed by atoms with van der Waals surface area (Å²) in [5.41, 5.74) is -0.550. The number of hydrogen-bond donors (Lipinski definition) is 4. The monoisotopic (exact) mass is 550 g/mol. The van der Waals surface area contributed by atoms with Crippen molar-refractivity contribution in [3.63, 3.8) is 0 Å².